The van der Waals surface area contributed by atoms with Gasteiger partial charge in [-0.2, -0.15) is 0 Å². The summed E-state index contributed by atoms with van der Waals surface area (Å²) in [6, 6.07) is 9.51. The zero-order valence-electron chi connectivity index (χ0n) is 17.0. The van der Waals surface area contributed by atoms with Crippen molar-refractivity contribution in [3.05, 3.63) is 35.9 Å². The van der Waals surface area contributed by atoms with Crippen molar-refractivity contribution < 1.29 is 29.1 Å². The zero-order valence-corrected chi connectivity index (χ0v) is 17.0. The topological polar surface area (TPSA) is 124 Å². The van der Waals surface area contributed by atoms with Crippen molar-refractivity contribution in [1.82, 2.24) is 10.1 Å². The first-order valence-corrected chi connectivity index (χ1v) is 10.4. The van der Waals surface area contributed by atoms with Gasteiger partial charge in [0.1, 0.15) is 0 Å². The molecule has 1 amide bonds. The predicted molar refractivity (Wildman–Crippen MR) is 111 cm³/mol. The third-order valence-electron chi connectivity index (χ3n) is 6.40. The first-order valence-electron chi connectivity index (χ1n) is 10.4. The fourth-order valence-corrected chi connectivity index (χ4v) is 5.26. The van der Waals surface area contributed by atoms with E-state index in [9.17, 15) is 14.7 Å². The van der Waals surface area contributed by atoms with E-state index in [2.05, 4.69) is 15.0 Å². The maximum atomic E-state index is 12.3. The number of anilines is 1. The van der Waals surface area contributed by atoms with Crippen molar-refractivity contribution in [3.63, 3.8) is 0 Å². The van der Waals surface area contributed by atoms with Gasteiger partial charge < -0.3 is 24.5 Å². The fraction of sp³-hybridized carbons (Fsp3) is 0.455. The molecule has 3 atom stereocenters. The number of aromatic carboxylic acids is 1. The van der Waals surface area contributed by atoms with Crippen LogP contribution in [-0.2, 0) is 9.59 Å². The Bertz CT molecular complexity index is 959. The largest absolute Gasteiger partial charge is 0.483 e. The van der Waals surface area contributed by atoms with Crippen LogP contribution in [0.5, 0.6) is 0 Å². The van der Waals surface area contributed by atoms with Gasteiger partial charge in [-0.25, -0.2) is 4.79 Å². The smallest absolute Gasteiger partial charge is 0.343 e. The summed E-state index contributed by atoms with van der Waals surface area (Å²) >= 11 is 0. The highest BCUT2D eigenvalue weighted by molar-refractivity contribution is 5.99. The minimum Gasteiger partial charge on any atom is -0.483 e. The molecule has 2 bridgehead atoms. The first-order chi connectivity index (χ1) is 15.0. The zero-order chi connectivity index (χ0) is 22.0. The normalized spacial score (nSPS) is 24.6. The lowest BCUT2D eigenvalue weighted by Crippen LogP contribution is -2.60. The van der Waals surface area contributed by atoms with E-state index in [1.165, 1.54) is 0 Å². The Balaban J connectivity index is 0.000000730. The van der Waals surface area contributed by atoms with E-state index < -0.39 is 5.97 Å². The predicted octanol–water partition coefficient (Wildman–Crippen LogP) is 2.58. The number of nitrogens with zero attached hydrogens (tertiary/aromatic N) is 3. The molecule has 9 nitrogen and oxygen atoms in total. The molecule has 3 saturated heterocycles. The van der Waals surface area contributed by atoms with Crippen molar-refractivity contribution in [3.8, 4) is 11.3 Å². The SMILES string of the molecule is O=C(O)c1c(N2C[C@@H]3C[C@H](C2)[C@@H]2CCCC(=O)N2C3)noc1-c1ccccc1.O=CO. The van der Waals surface area contributed by atoms with Gasteiger partial charge in [-0.15, -0.1) is 0 Å². The number of carboxylic acid groups (broad SMARTS) is 2. The molecule has 4 heterocycles. The molecule has 5 rings (SSSR count). The second kappa shape index (κ2) is 8.79. The Kier molecular flexibility index (Phi) is 5.92. The van der Waals surface area contributed by atoms with Crippen LogP contribution < -0.4 is 4.90 Å². The summed E-state index contributed by atoms with van der Waals surface area (Å²) in [5.41, 5.74) is 0.836. The second-order valence-electron chi connectivity index (χ2n) is 8.26. The quantitative estimate of drug-likeness (QED) is 0.716. The third-order valence-corrected chi connectivity index (χ3v) is 6.40. The van der Waals surface area contributed by atoms with Crippen molar-refractivity contribution in [2.75, 3.05) is 24.5 Å². The van der Waals surface area contributed by atoms with Crippen molar-refractivity contribution in [2.24, 2.45) is 11.8 Å². The average molecular weight is 427 g/mol. The Morgan fingerprint density at radius 3 is 2.65 bits per heavy atom. The monoisotopic (exact) mass is 427 g/mol. The van der Waals surface area contributed by atoms with Gasteiger partial charge in [-0.1, -0.05) is 35.5 Å². The number of rotatable bonds is 3. The highest BCUT2D eigenvalue weighted by atomic mass is 16.5. The van der Waals surface area contributed by atoms with Crippen LogP contribution >= 0.6 is 0 Å². The van der Waals surface area contributed by atoms with Crippen LogP contribution in [0.2, 0.25) is 0 Å². The molecule has 0 unspecified atom stereocenters. The van der Waals surface area contributed by atoms with Gasteiger partial charge in [0.15, 0.2) is 17.1 Å². The maximum Gasteiger partial charge on any atom is 0.343 e. The molecule has 0 spiro atoms. The van der Waals surface area contributed by atoms with E-state index in [0.717, 1.165) is 25.8 Å². The molecule has 2 aromatic rings. The van der Waals surface area contributed by atoms with E-state index >= 15 is 0 Å². The number of benzene rings is 1. The van der Waals surface area contributed by atoms with Gasteiger partial charge in [0.05, 0.1) is 0 Å². The fourth-order valence-electron chi connectivity index (χ4n) is 5.26. The summed E-state index contributed by atoms with van der Waals surface area (Å²) in [6.45, 7) is 1.93. The number of carboxylic acids is 1. The number of fused-ring (bicyclic) bond motifs is 4. The van der Waals surface area contributed by atoms with Crippen molar-refractivity contribution in [2.45, 2.75) is 31.7 Å². The van der Waals surface area contributed by atoms with Crippen LogP contribution in [-0.4, -0.2) is 64.3 Å². The molecule has 1 aromatic carbocycles. The van der Waals surface area contributed by atoms with Crippen LogP contribution in [0.25, 0.3) is 11.3 Å². The highest BCUT2D eigenvalue weighted by Gasteiger charge is 2.45. The van der Waals surface area contributed by atoms with E-state index in [-0.39, 0.29) is 24.0 Å². The summed E-state index contributed by atoms with van der Waals surface area (Å²) in [6.07, 6.45) is 3.74. The number of aromatic nitrogens is 1. The Hall–Kier alpha value is -3.36. The first kappa shape index (κ1) is 20.9. The van der Waals surface area contributed by atoms with E-state index in [4.69, 9.17) is 14.4 Å². The molecule has 164 valence electrons. The van der Waals surface area contributed by atoms with E-state index in [1.807, 2.05) is 30.3 Å². The minimum absolute atomic E-state index is 0.128. The number of carbonyl (C=O) groups is 3. The Labute approximate surface area is 179 Å². The van der Waals surface area contributed by atoms with Crippen LogP contribution in [0.4, 0.5) is 5.82 Å². The minimum atomic E-state index is -1.03. The summed E-state index contributed by atoms with van der Waals surface area (Å²) in [7, 11) is 0. The van der Waals surface area contributed by atoms with Gasteiger partial charge in [0.2, 0.25) is 5.91 Å². The molecule has 0 radical (unpaired) electrons. The van der Waals surface area contributed by atoms with Crippen LogP contribution in [0.15, 0.2) is 34.9 Å². The van der Waals surface area contributed by atoms with Crippen LogP contribution in [0, 0.1) is 11.8 Å². The molecule has 3 fully saturated rings. The number of hydrogen-bond acceptors (Lipinski definition) is 6. The average Bonchev–Trinajstić information content (AvgIpc) is 3.21. The molecule has 3 aliphatic rings. The molecule has 0 aliphatic carbocycles. The molecule has 2 N–H and O–H groups in total. The molecule has 3 aliphatic heterocycles. The number of carbonyl (C=O) groups excluding carboxylic acids is 1. The van der Waals surface area contributed by atoms with E-state index in [1.54, 1.807) is 0 Å². The second-order valence-corrected chi connectivity index (χ2v) is 8.26. The van der Waals surface area contributed by atoms with Crippen molar-refractivity contribution >= 4 is 24.2 Å². The van der Waals surface area contributed by atoms with Crippen molar-refractivity contribution in [1.29, 1.82) is 0 Å². The van der Waals surface area contributed by atoms with Crippen LogP contribution in [0.1, 0.15) is 36.0 Å². The molecule has 0 saturated carbocycles. The molecule has 31 heavy (non-hydrogen) atoms. The molecular formula is C22H25N3O6. The maximum absolute atomic E-state index is 12.3. The molecule has 9 heteroatoms. The van der Waals surface area contributed by atoms with Crippen LogP contribution in [0.3, 0.4) is 0 Å². The van der Waals surface area contributed by atoms with E-state index in [0.29, 0.717) is 48.5 Å². The summed E-state index contributed by atoms with van der Waals surface area (Å²) in [5, 5.41) is 20.9. The van der Waals surface area contributed by atoms with Gasteiger partial charge in [0.25, 0.3) is 6.47 Å². The summed E-state index contributed by atoms with van der Waals surface area (Å²) in [5.74, 6) is 0.662. The van der Waals surface area contributed by atoms with Gasteiger partial charge in [-0.3, -0.25) is 9.59 Å². The summed E-state index contributed by atoms with van der Waals surface area (Å²) in [4.78, 5) is 36.9. The summed E-state index contributed by atoms with van der Waals surface area (Å²) < 4.78 is 5.51. The third kappa shape index (κ3) is 3.99. The number of amides is 1. The lowest BCUT2D eigenvalue weighted by atomic mass is 9.76. The number of piperidine rings is 3. The van der Waals surface area contributed by atoms with Gasteiger partial charge >= 0.3 is 5.97 Å². The number of hydrogen-bond donors (Lipinski definition) is 2. The highest BCUT2D eigenvalue weighted by Crippen LogP contribution is 2.41. The van der Waals surface area contributed by atoms with Gasteiger partial charge in [0, 0.05) is 37.7 Å². The molecule has 1 aromatic heterocycles. The van der Waals surface area contributed by atoms with Gasteiger partial charge in [-0.05, 0) is 31.1 Å². The standard InChI is InChI=1S/C21H23N3O4.CH2O2/c25-17-8-4-7-16-15-9-13(11-24(16)17)10-23(12-15)20-18(21(26)27)19(28-22-20)14-5-2-1-3-6-14;2-1-3/h1-3,5-6,13,15-16H,4,7-12H2,(H,26,27);1H,(H,2,3)/t13-,15+,16-;/m0./s1. The molecular weight excluding hydrogens is 402 g/mol. The Morgan fingerprint density at radius 1 is 1.19 bits per heavy atom. The Morgan fingerprint density at radius 2 is 1.94 bits per heavy atom. The lowest BCUT2D eigenvalue weighted by Gasteiger charge is -2.52. The lowest BCUT2D eigenvalue weighted by molar-refractivity contribution is -0.142.